The molecule has 0 amide bonds. The SMILES string of the molecule is CCCCO[C@@H]1C(N=[N+]=[N-])[C@H](O)C(CO)O[C@H]1SC. The van der Waals surface area contributed by atoms with Crippen LogP contribution in [0.25, 0.3) is 10.4 Å². The number of hydrogen-bond acceptors (Lipinski definition) is 6. The fourth-order valence-corrected chi connectivity index (χ4v) is 2.74. The van der Waals surface area contributed by atoms with Crippen molar-refractivity contribution in [1.29, 1.82) is 0 Å². The van der Waals surface area contributed by atoms with E-state index < -0.39 is 24.4 Å². The lowest BCUT2D eigenvalue weighted by Crippen LogP contribution is -2.57. The van der Waals surface area contributed by atoms with E-state index in [4.69, 9.17) is 15.0 Å². The molecular formula is C11H21N3O4S. The molecule has 1 saturated heterocycles. The number of thioether (sulfide) groups is 1. The molecule has 8 heteroatoms. The van der Waals surface area contributed by atoms with Crippen molar-refractivity contribution in [3.63, 3.8) is 0 Å². The van der Waals surface area contributed by atoms with Crippen LogP contribution in [0.1, 0.15) is 19.8 Å². The fourth-order valence-electron chi connectivity index (χ4n) is 1.98. The third kappa shape index (κ3) is 4.24. The van der Waals surface area contributed by atoms with Gasteiger partial charge in [-0.3, -0.25) is 0 Å². The lowest BCUT2D eigenvalue weighted by Gasteiger charge is -2.42. The van der Waals surface area contributed by atoms with Crippen molar-refractivity contribution < 1.29 is 19.7 Å². The molecule has 0 radical (unpaired) electrons. The number of unbranched alkanes of at least 4 members (excludes halogenated alkanes) is 1. The highest BCUT2D eigenvalue weighted by molar-refractivity contribution is 7.99. The average molecular weight is 291 g/mol. The van der Waals surface area contributed by atoms with Crippen LogP contribution in [0.4, 0.5) is 0 Å². The van der Waals surface area contributed by atoms with Crippen molar-refractivity contribution >= 4 is 11.8 Å². The van der Waals surface area contributed by atoms with Crippen LogP contribution in [0.2, 0.25) is 0 Å². The zero-order valence-electron chi connectivity index (χ0n) is 11.2. The van der Waals surface area contributed by atoms with Crippen LogP contribution >= 0.6 is 11.8 Å². The second-order valence-corrected chi connectivity index (χ2v) is 5.27. The van der Waals surface area contributed by atoms with Crippen molar-refractivity contribution in [3.8, 4) is 0 Å². The number of rotatable bonds is 7. The van der Waals surface area contributed by atoms with Gasteiger partial charge in [0.1, 0.15) is 17.6 Å². The second kappa shape index (κ2) is 8.63. The minimum absolute atomic E-state index is 0.322. The molecule has 19 heavy (non-hydrogen) atoms. The van der Waals surface area contributed by atoms with Gasteiger partial charge >= 0.3 is 0 Å². The maximum atomic E-state index is 10.1. The quantitative estimate of drug-likeness (QED) is 0.318. The summed E-state index contributed by atoms with van der Waals surface area (Å²) in [4.78, 5) is 2.76. The molecule has 0 bridgehead atoms. The molecule has 110 valence electrons. The Balaban J connectivity index is 2.82. The Bertz CT molecular complexity index is 314. The Morgan fingerprint density at radius 2 is 2.26 bits per heavy atom. The molecule has 7 nitrogen and oxygen atoms in total. The van der Waals surface area contributed by atoms with E-state index >= 15 is 0 Å². The first-order valence-electron chi connectivity index (χ1n) is 6.32. The van der Waals surface area contributed by atoms with E-state index in [1.165, 1.54) is 11.8 Å². The Morgan fingerprint density at radius 3 is 2.79 bits per heavy atom. The summed E-state index contributed by atoms with van der Waals surface area (Å²) >= 11 is 1.41. The highest BCUT2D eigenvalue weighted by atomic mass is 32.2. The number of nitrogens with zero attached hydrogens (tertiary/aromatic N) is 3. The van der Waals surface area contributed by atoms with Gasteiger partial charge in [-0.1, -0.05) is 18.5 Å². The van der Waals surface area contributed by atoms with E-state index in [-0.39, 0.29) is 12.0 Å². The van der Waals surface area contributed by atoms with Gasteiger partial charge in [-0.2, -0.15) is 0 Å². The van der Waals surface area contributed by atoms with Crippen LogP contribution < -0.4 is 0 Å². The van der Waals surface area contributed by atoms with Gasteiger partial charge in [-0.25, -0.2) is 0 Å². The lowest BCUT2D eigenvalue weighted by atomic mass is 9.98. The van der Waals surface area contributed by atoms with E-state index in [0.29, 0.717) is 6.61 Å². The molecule has 2 N–H and O–H groups in total. The van der Waals surface area contributed by atoms with Gasteiger partial charge < -0.3 is 19.7 Å². The van der Waals surface area contributed by atoms with Crippen molar-refractivity contribution in [2.75, 3.05) is 19.5 Å². The van der Waals surface area contributed by atoms with Crippen molar-refractivity contribution in [2.45, 2.75) is 49.6 Å². The Hall–Kier alpha value is -0.500. The molecule has 1 aliphatic rings. The highest BCUT2D eigenvalue weighted by Crippen LogP contribution is 2.31. The van der Waals surface area contributed by atoms with Crippen molar-refractivity contribution in [3.05, 3.63) is 10.4 Å². The smallest absolute Gasteiger partial charge is 0.130 e. The average Bonchev–Trinajstić information content (AvgIpc) is 2.43. The largest absolute Gasteiger partial charge is 0.394 e. The normalized spacial score (nSPS) is 34.8. The van der Waals surface area contributed by atoms with E-state index in [1.807, 2.05) is 13.2 Å². The second-order valence-electron chi connectivity index (χ2n) is 4.34. The molecular weight excluding hydrogens is 270 g/mol. The van der Waals surface area contributed by atoms with Gasteiger partial charge in [0.15, 0.2) is 0 Å². The van der Waals surface area contributed by atoms with Gasteiger partial charge in [-0.15, -0.1) is 11.8 Å². The van der Waals surface area contributed by atoms with Crippen LogP contribution in [-0.4, -0.2) is 59.5 Å². The summed E-state index contributed by atoms with van der Waals surface area (Å²) in [5.74, 6) is 0. The number of azide groups is 1. The minimum Gasteiger partial charge on any atom is -0.394 e. The Morgan fingerprint density at radius 1 is 1.53 bits per heavy atom. The number of aliphatic hydroxyl groups is 2. The zero-order chi connectivity index (χ0) is 14.3. The van der Waals surface area contributed by atoms with E-state index in [9.17, 15) is 10.2 Å². The van der Waals surface area contributed by atoms with E-state index in [0.717, 1.165) is 12.8 Å². The molecule has 5 atom stereocenters. The maximum Gasteiger partial charge on any atom is 0.130 e. The maximum absolute atomic E-state index is 10.1. The van der Waals surface area contributed by atoms with Crippen molar-refractivity contribution in [2.24, 2.45) is 5.11 Å². The third-order valence-corrected chi connectivity index (χ3v) is 3.89. The summed E-state index contributed by atoms with van der Waals surface area (Å²) in [5, 5.41) is 22.9. The number of aliphatic hydroxyl groups excluding tert-OH is 2. The summed E-state index contributed by atoms with van der Waals surface area (Å²) in [6.45, 7) is 2.25. The van der Waals surface area contributed by atoms with Crippen molar-refractivity contribution in [1.82, 2.24) is 0 Å². The lowest BCUT2D eigenvalue weighted by molar-refractivity contribution is -0.174. The molecule has 1 heterocycles. The molecule has 0 aliphatic carbocycles. The van der Waals surface area contributed by atoms with Crippen LogP contribution in [-0.2, 0) is 9.47 Å². The van der Waals surface area contributed by atoms with Gasteiger partial charge in [0.05, 0.1) is 18.8 Å². The predicted octanol–water partition coefficient (Wildman–Crippen LogP) is 1.29. The zero-order valence-corrected chi connectivity index (χ0v) is 12.0. The summed E-state index contributed by atoms with van der Waals surface area (Å²) in [5.41, 5.74) is 8.26. The van der Waals surface area contributed by atoms with Gasteiger partial charge in [0.2, 0.25) is 0 Å². The number of ether oxygens (including phenoxy) is 2. The molecule has 0 aromatic carbocycles. The van der Waals surface area contributed by atoms with Crippen LogP contribution in [0.5, 0.6) is 0 Å². The molecule has 1 fully saturated rings. The Labute approximate surface area is 116 Å². The van der Waals surface area contributed by atoms with E-state index in [1.54, 1.807) is 0 Å². The molecule has 0 aromatic heterocycles. The highest BCUT2D eigenvalue weighted by Gasteiger charge is 2.45. The summed E-state index contributed by atoms with van der Waals surface area (Å²) in [6.07, 6.45) is 1.41. The summed E-state index contributed by atoms with van der Waals surface area (Å²) in [6, 6.07) is -0.745. The third-order valence-electron chi connectivity index (χ3n) is 3.05. The molecule has 0 spiro atoms. The van der Waals surface area contributed by atoms with Gasteiger partial charge in [-0.05, 0) is 18.2 Å². The monoisotopic (exact) mass is 291 g/mol. The summed E-state index contributed by atoms with van der Waals surface area (Å²) in [7, 11) is 0. The Kier molecular flexibility index (Phi) is 7.52. The molecule has 1 rings (SSSR count). The fraction of sp³-hybridized carbons (Fsp3) is 1.00. The van der Waals surface area contributed by atoms with Crippen LogP contribution in [0, 0.1) is 0 Å². The first kappa shape index (κ1) is 16.6. The standard InChI is InChI=1S/C11H21N3O4S/c1-3-4-5-17-10-8(13-14-12)9(16)7(6-15)18-11(10)19-2/h7-11,15-16H,3-6H2,1-2H3/t7?,8?,9-,10-,11+/m1/s1. The van der Waals surface area contributed by atoms with Crippen LogP contribution in [0.15, 0.2) is 5.11 Å². The summed E-state index contributed by atoms with van der Waals surface area (Å²) < 4.78 is 11.3. The van der Waals surface area contributed by atoms with Gasteiger partial charge in [0.25, 0.3) is 0 Å². The topological polar surface area (TPSA) is 108 Å². The predicted molar refractivity (Wildman–Crippen MR) is 72.9 cm³/mol. The molecule has 0 saturated carbocycles. The van der Waals surface area contributed by atoms with Gasteiger partial charge in [0, 0.05) is 11.5 Å². The first-order valence-corrected chi connectivity index (χ1v) is 7.61. The molecule has 1 aliphatic heterocycles. The number of hydrogen-bond donors (Lipinski definition) is 2. The molecule has 0 aromatic rings. The first-order chi connectivity index (χ1) is 9.19. The molecule has 2 unspecified atom stereocenters. The minimum atomic E-state index is -1.06. The van der Waals surface area contributed by atoms with E-state index in [2.05, 4.69) is 10.0 Å². The van der Waals surface area contributed by atoms with Crippen LogP contribution in [0.3, 0.4) is 0 Å².